The smallest absolute Gasteiger partial charge is 0.269 e. The molecule has 1 saturated heterocycles. The number of halogens is 1. The zero-order valence-electron chi connectivity index (χ0n) is 18.1. The quantitative estimate of drug-likeness (QED) is 0.631. The number of imidazole rings is 1. The van der Waals surface area contributed by atoms with Crippen LogP contribution >= 0.6 is 11.8 Å². The van der Waals surface area contributed by atoms with Crippen molar-refractivity contribution < 1.29 is 9.18 Å². The van der Waals surface area contributed by atoms with Gasteiger partial charge in [0.15, 0.2) is 0 Å². The molecule has 170 valence electrons. The van der Waals surface area contributed by atoms with E-state index in [1.165, 1.54) is 31.4 Å². The molecule has 0 bridgehead atoms. The Labute approximate surface area is 192 Å². The average molecular weight is 456 g/mol. The van der Waals surface area contributed by atoms with Crippen molar-refractivity contribution >= 4 is 22.6 Å². The SMILES string of the molecule is O=C(NC1CCCCC1)C1=C(c2ccc(F)cc2)SC(c2cnc[nH]2)N1C1CCNCC1. The van der Waals surface area contributed by atoms with Gasteiger partial charge in [-0.2, -0.15) is 0 Å². The molecule has 2 aromatic rings. The van der Waals surface area contributed by atoms with E-state index in [4.69, 9.17) is 0 Å². The van der Waals surface area contributed by atoms with Crippen LogP contribution in [0.2, 0.25) is 0 Å². The number of nitrogens with one attached hydrogen (secondary N) is 3. The molecule has 1 aliphatic carbocycles. The Kier molecular flexibility index (Phi) is 6.50. The van der Waals surface area contributed by atoms with Crippen LogP contribution in [0.5, 0.6) is 0 Å². The van der Waals surface area contributed by atoms with E-state index in [1.807, 2.05) is 6.20 Å². The molecule has 6 nitrogen and oxygen atoms in total. The fourth-order valence-corrected chi connectivity index (χ4v) is 6.51. The fourth-order valence-electron chi connectivity index (χ4n) is 5.06. The van der Waals surface area contributed by atoms with Gasteiger partial charge in [-0.1, -0.05) is 43.2 Å². The van der Waals surface area contributed by atoms with Crippen molar-refractivity contribution in [1.29, 1.82) is 0 Å². The second-order valence-corrected chi connectivity index (χ2v) is 9.95. The van der Waals surface area contributed by atoms with Crippen LogP contribution < -0.4 is 10.6 Å². The summed E-state index contributed by atoms with van der Waals surface area (Å²) in [5.41, 5.74) is 2.58. The first kappa shape index (κ1) is 21.5. The minimum atomic E-state index is -0.272. The molecule has 5 rings (SSSR count). The van der Waals surface area contributed by atoms with Crippen molar-refractivity contribution in [3.63, 3.8) is 0 Å². The van der Waals surface area contributed by atoms with E-state index in [1.54, 1.807) is 30.2 Å². The van der Waals surface area contributed by atoms with Crippen LogP contribution in [0.3, 0.4) is 0 Å². The highest BCUT2D eigenvalue weighted by atomic mass is 32.2. The first-order valence-corrected chi connectivity index (χ1v) is 12.5. The molecule has 1 aromatic heterocycles. The number of rotatable bonds is 5. The van der Waals surface area contributed by atoms with Gasteiger partial charge in [0.25, 0.3) is 5.91 Å². The summed E-state index contributed by atoms with van der Waals surface area (Å²) < 4.78 is 13.7. The molecule has 32 heavy (non-hydrogen) atoms. The number of amides is 1. The second kappa shape index (κ2) is 9.67. The number of carbonyl (C=O) groups is 1. The van der Waals surface area contributed by atoms with Gasteiger partial charge in [-0.15, -0.1) is 0 Å². The lowest BCUT2D eigenvalue weighted by Crippen LogP contribution is -2.47. The number of piperidine rings is 1. The minimum Gasteiger partial charge on any atom is -0.348 e. The van der Waals surface area contributed by atoms with E-state index < -0.39 is 0 Å². The third-order valence-corrected chi connectivity index (χ3v) is 8.07. The molecule has 3 N–H and O–H groups in total. The Hall–Kier alpha value is -2.32. The molecule has 1 saturated carbocycles. The maximum absolute atomic E-state index is 13.8. The highest BCUT2D eigenvalue weighted by Gasteiger charge is 2.42. The lowest BCUT2D eigenvalue weighted by atomic mass is 9.95. The highest BCUT2D eigenvalue weighted by molar-refractivity contribution is 8.08. The maximum Gasteiger partial charge on any atom is 0.269 e. The molecule has 3 heterocycles. The standard InChI is InChI=1S/C24H30FN5OS/c25-17-8-6-16(7-9-17)22-21(23(31)29-18-4-2-1-3-5-18)30(19-10-12-26-13-11-19)24(32-22)20-14-27-15-28-20/h6-9,14-15,18-19,24,26H,1-5,10-13H2,(H,27,28)(H,29,31). The van der Waals surface area contributed by atoms with E-state index in [-0.39, 0.29) is 29.2 Å². The summed E-state index contributed by atoms with van der Waals surface area (Å²) in [6, 6.07) is 6.98. The van der Waals surface area contributed by atoms with Gasteiger partial charge in [0.2, 0.25) is 0 Å². The number of thioether (sulfide) groups is 1. The molecule has 2 aliphatic heterocycles. The average Bonchev–Trinajstić information content (AvgIpc) is 3.49. The van der Waals surface area contributed by atoms with Crippen LogP contribution in [-0.4, -0.2) is 45.9 Å². The lowest BCUT2D eigenvalue weighted by Gasteiger charge is -2.38. The summed E-state index contributed by atoms with van der Waals surface area (Å²) in [5.74, 6) is -0.282. The van der Waals surface area contributed by atoms with Crippen molar-refractivity contribution in [3.8, 4) is 0 Å². The maximum atomic E-state index is 13.8. The molecular weight excluding hydrogens is 425 g/mol. The number of hydrogen-bond acceptors (Lipinski definition) is 5. The zero-order chi connectivity index (χ0) is 21.9. The molecule has 1 atom stereocenters. The summed E-state index contributed by atoms with van der Waals surface area (Å²) in [6.45, 7) is 1.87. The van der Waals surface area contributed by atoms with Gasteiger partial charge in [-0.3, -0.25) is 4.79 Å². The van der Waals surface area contributed by atoms with Gasteiger partial charge in [0, 0.05) is 17.0 Å². The van der Waals surface area contributed by atoms with E-state index in [2.05, 4.69) is 25.5 Å². The lowest BCUT2D eigenvalue weighted by molar-refractivity contribution is -0.120. The van der Waals surface area contributed by atoms with Crippen molar-refractivity contribution in [2.45, 2.75) is 62.4 Å². The first-order chi connectivity index (χ1) is 15.7. The number of hydrogen-bond donors (Lipinski definition) is 3. The van der Waals surface area contributed by atoms with Gasteiger partial charge >= 0.3 is 0 Å². The van der Waals surface area contributed by atoms with Gasteiger partial charge in [0.05, 0.1) is 18.2 Å². The normalized spacial score (nSPS) is 23.0. The summed E-state index contributed by atoms with van der Waals surface area (Å²) >= 11 is 1.66. The third-order valence-electron chi connectivity index (χ3n) is 6.70. The number of H-pyrrole nitrogens is 1. The first-order valence-electron chi connectivity index (χ1n) is 11.7. The number of benzene rings is 1. The van der Waals surface area contributed by atoms with Crippen LogP contribution in [-0.2, 0) is 4.79 Å². The van der Waals surface area contributed by atoms with Crippen LogP contribution in [0.1, 0.15) is 61.6 Å². The molecule has 0 radical (unpaired) electrons. The van der Waals surface area contributed by atoms with Crippen molar-refractivity contribution in [2.75, 3.05) is 13.1 Å². The summed E-state index contributed by atoms with van der Waals surface area (Å²) in [7, 11) is 0. The van der Waals surface area contributed by atoms with Gasteiger partial charge < -0.3 is 20.5 Å². The van der Waals surface area contributed by atoms with Crippen LogP contribution in [0.25, 0.3) is 4.91 Å². The Morgan fingerprint density at radius 2 is 1.84 bits per heavy atom. The van der Waals surface area contributed by atoms with Crippen LogP contribution in [0.4, 0.5) is 4.39 Å². The highest BCUT2D eigenvalue weighted by Crippen LogP contribution is 2.53. The Morgan fingerprint density at radius 1 is 1.09 bits per heavy atom. The number of aromatic nitrogens is 2. The van der Waals surface area contributed by atoms with E-state index in [9.17, 15) is 9.18 Å². The van der Waals surface area contributed by atoms with Crippen LogP contribution in [0.15, 0.2) is 42.5 Å². The number of nitrogens with zero attached hydrogens (tertiary/aromatic N) is 2. The summed E-state index contributed by atoms with van der Waals surface area (Å²) in [4.78, 5) is 24.5. The Morgan fingerprint density at radius 3 is 2.53 bits per heavy atom. The Balaban J connectivity index is 1.55. The van der Waals surface area contributed by atoms with Gasteiger partial charge in [-0.05, 0) is 56.5 Å². The van der Waals surface area contributed by atoms with E-state index >= 15 is 0 Å². The number of carbonyl (C=O) groups excluding carboxylic acids is 1. The minimum absolute atomic E-state index is 0.00993. The predicted molar refractivity (Wildman–Crippen MR) is 125 cm³/mol. The molecule has 1 aromatic carbocycles. The molecular formula is C24H30FN5OS. The molecule has 3 aliphatic rings. The van der Waals surface area contributed by atoms with Gasteiger partial charge in [0.1, 0.15) is 16.9 Å². The van der Waals surface area contributed by atoms with Gasteiger partial charge in [-0.25, -0.2) is 9.37 Å². The summed E-state index contributed by atoms with van der Waals surface area (Å²) in [6.07, 6.45) is 11.1. The molecule has 0 spiro atoms. The van der Waals surface area contributed by atoms with Crippen molar-refractivity contribution in [1.82, 2.24) is 25.5 Å². The van der Waals surface area contributed by atoms with E-state index in [0.717, 1.165) is 60.6 Å². The zero-order valence-corrected chi connectivity index (χ0v) is 19.0. The fraction of sp³-hybridized carbons (Fsp3) is 0.500. The van der Waals surface area contributed by atoms with Crippen LogP contribution in [0, 0.1) is 5.82 Å². The largest absolute Gasteiger partial charge is 0.348 e. The predicted octanol–water partition coefficient (Wildman–Crippen LogP) is 4.17. The second-order valence-electron chi connectivity index (χ2n) is 8.86. The third kappa shape index (κ3) is 4.43. The molecule has 2 fully saturated rings. The molecule has 1 amide bonds. The summed E-state index contributed by atoms with van der Waals surface area (Å²) in [5, 5.41) is 6.71. The Bertz CT molecular complexity index is 949. The topological polar surface area (TPSA) is 73.0 Å². The van der Waals surface area contributed by atoms with E-state index in [0.29, 0.717) is 0 Å². The number of aromatic amines is 1. The van der Waals surface area contributed by atoms with Crippen molar-refractivity contribution in [2.24, 2.45) is 0 Å². The monoisotopic (exact) mass is 455 g/mol. The molecule has 1 unspecified atom stereocenters. The molecule has 8 heteroatoms. The van der Waals surface area contributed by atoms with Crippen molar-refractivity contribution in [3.05, 3.63) is 59.6 Å².